The lowest BCUT2D eigenvalue weighted by Gasteiger charge is -2.07. The number of sulfonamides is 1. The number of benzene rings is 1. The standard InChI is InChI=1S/C12H13N5O2S2/c1-2-4-8-7-11(14-13-8)17-21(18,19)10-6-3-5-9-12(10)16-20-15-9/h3,5-7H,2,4H2,1H3,(H2,13,14,17). The third kappa shape index (κ3) is 2.74. The second-order valence-corrected chi connectivity index (χ2v) is 6.70. The summed E-state index contributed by atoms with van der Waals surface area (Å²) in [5.74, 6) is 0.277. The Morgan fingerprint density at radius 2 is 2.19 bits per heavy atom. The Hall–Kier alpha value is -2.00. The normalized spacial score (nSPS) is 13.0. The highest BCUT2D eigenvalue weighted by Crippen LogP contribution is 2.37. The van der Waals surface area contributed by atoms with E-state index in [9.17, 15) is 8.42 Å². The van der Waals surface area contributed by atoms with Crippen LogP contribution in [0.4, 0.5) is 17.2 Å². The molecule has 0 aliphatic carbocycles. The second-order valence-electron chi connectivity index (χ2n) is 4.52. The van der Waals surface area contributed by atoms with Gasteiger partial charge in [-0.1, -0.05) is 19.4 Å². The van der Waals surface area contributed by atoms with E-state index in [4.69, 9.17) is 0 Å². The van der Waals surface area contributed by atoms with Crippen LogP contribution in [0.5, 0.6) is 0 Å². The molecule has 0 radical (unpaired) electrons. The summed E-state index contributed by atoms with van der Waals surface area (Å²) in [6, 6.07) is 6.57. The van der Waals surface area contributed by atoms with E-state index in [1.165, 1.54) is 6.07 Å². The van der Waals surface area contributed by atoms with Crippen molar-refractivity contribution in [1.29, 1.82) is 0 Å². The maximum atomic E-state index is 12.5. The topological polar surface area (TPSA) is 99.6 Å². The Bertz CT molecular complexity index is 850. The Balaban J connectivity index is 1.91. The number of hydrogen-bond donors (Lipinski definition) is 2. The Labute approximate surface area is 125 Å². The van der Waals surface area contributed by atoms with E-state index in [1.54, 1.807) is 18.2 Å². The Morgan fingerprint density at radius 3 is 3.00 bits per heavy atom. The molecular weight excluding hydrogens is 310 g/mol. The van der Waals surface area contributed by atoms with Gasteiger partial charge in [0.15, 0.2) is 5.82 Å². The van der Waals surface area contributed by atoms with Crippen LogP contribution in [0.25, 0.3) is 0 Å². The number of nitrogens with one attached hydrogen (secondary N) is 2. The van der Waals surface area contributed by atoms with Crippen molar-refractivity contribution in [2.45, 2.75) is 24.7 Å². The van der Waals surface area contributed by atoms with Crippen LogP contribution in [0.1, 0.15) is 19.0 Å². The zero-order chi connectivity index (χ0) is 14.9. The van der Waals surface area contributed by atoms with E-state index in [2.05, 4.69) is 23.6 Å². The van der Waals surface area contributed by atoms with Crippen LogP contribution in [0.15, 0.2) is 37.9 Å². The molecule has 0 fully saturated rings. The molecule has 0 amide bonds. The molecule has 1 aliphatic heterocycles. The molecule has 2 aromatic rings. The average molecular weight is 323 g/mol. The number of H-pyrrole nitrogens is 1. The SMILES string of the molecule is CCCc1cc(NS(=O)(=O)c2cccc3c2N=S=N3)n[nH]1. The third-order valence-corrected chi connectivity index (χ3v) is 4.86. The summed E-state index contributed by atoms with van der Waals surface area (Å²) in [7, 11) is -3.74. The van der Waals surface area contributed by atoms with Gasteiger partial charge >= 0.3 is 0 Å². The van der Waals surface area contributed by atoms with Gasteiger partial charge in [0.25, 0.3) is 10.0 Å². The largest absolute Gasteiger partial charge is 0.280 e. The Kier molecular flexibility index (Phi) is 3.60. The van der Waals surface area contributed by atoms with Crippen molar-refractivity contribution in [2.24, 2.45) is 8.73 Å². The molecule has 7 nitrogen and oxygen atoms in total. The van der Waals surface area contributed by atoms with Crippen molar-refractivity contribution in [3.05, 3.63) is 30.0 Å². The van der Waals surface area contributed by atoms with Gasteiger partial charge in [-0.05, 0) is 18.6 Å². The molecule has 2 N–H and O–H groups in total. The first-order valence-electron chi connectivity index (χ1n) is 6.38. The molecule has 110 valence electrons. The number of fused-ring (bicyclic) bond motifs is 1. The van der Waals surface area contributed by atoms with Gasteiger partial charge in [0.1, 0.15) is 16.3 Å². The first kappa shape index (κ1) is 14.0. The average Bonchev–Trinajstić information content (AvgIpc) is 3.07. The van der Waals surface area contributed by atoms with Gasteiger partial charge < -0.3 is 0 Å². The molecule has 0 saturated carbocycles. The van der Waals surface area contributed by atoms with Gasteiger partial charge in [-0.15, -0.1) is 0 Å². The quantitative estimate of drug-likeness (QED) is 0.755. The highest BCUT2D eigenvalue weighted by molar-refractivity contribution is 7.93. The summed E-state index contributed by atoms with van der Waals surface area (Å²) in [5.41, 5.74) is 1.83. The summed E-state index contributed by atoms with van der Waals surface area (Å²) in [6.45, 7) is 2.04. The second kappa shape index (κ2) is 5.41. The molecule has 9 heteroatoms. The fourth-order valence-corrected chi connectivity index (χ4v) is 3.76. The summed E-state index contributed by atoms with van der Waals surface area (Å²) in [5, 5.41) is 6.77. The maximum Gasteiger partial charge on any atom is 0.265 e. The van der Waals surface area contributed by atoms with Crippen LogP contribution in [0.3, 0.4) is 0 Å². The molecule has 1 aliphatic rings. The van der Waals surface area contributed by atoms with E-state index in [0.29, 0.717) is 11.4 Å². The van der Waals surface area contributed by atoms with Gasteiger partial charge in [0, 0.05) is 11.8 Å². The molecule has 21 heavy (non-hydrogen) atoms. The third-order valence-electron chi connectivity index (χ3n) is 2.93. The van der Waals surface area contributed by atoms with E-state index in [0.717, 1.165) is 29.9 Å². The summed E-state index contributed by atoms with van der Waals surface area (Å²) < 4.78 is 35.5. The summed E-state index contributed by atoms with van der Waals surface area (Å²) in [6.07, 6.45) is 1.78. The van der Waals surface area contributed by atoms with Crippen LogP contribution in [0.2, 0.25) is 0 Å². The predicted molar refractivity (Wildman–Crippen MR) is 81.4 cm³/mol. The minimum absolute atomic E-state index is 0.105. The van der Waals surface area contributed by atoms with Gasteiger partial charge in [-0.25, -0.2) is 8.42 Å². The molecule has 3 rings (SSSR count). The smallest absolute Gasteiger partial charge is 0.265 e. The predicted octanol–water partition coefficient (Wildman–Crippen LogP) is 2.89. The number of aromatic amines is 1. The van der Waals surface area contributed by atoms with Crippen LogP contribution in [-0.4, -0.2) is 18.6 Å². The molecule has 1 aromatic heterocycles. The molecule has 0 unspecified atom stereocenters. The van der Waals surface area contributed by atoms with Gasteiger partial charge in [-0.2, -0.15) is 13.8 Å². The van der Waals surface area contributed by atoms with Gasteiger partial charge in [-0.3, -0.25) is 9.82 Å². The first-order valence-corrected chi connectivity index (χ1v) is 8.60. The van der Waals surface area contributed by atoms with Crippen molar-refractivity contribution in [3.63, 3.8) is 0 Å². The van der Waals surface area contributed by atoms with Crippen LogP contribution in [0, 0.1) is 0 Å². The molecule has 2 heterocycles. The zero-order valence-electron chi connectivity index (χ0n) is 11.2. The number of anilines is 1. The highest BCUT2D eigenvalue weighted by atomic mass is 32.2. The van der Waals surface area contributed by atoms with Crippen molar-refractivity contribution in [3.8, 4) is 0 Å². The Morgan fingerprint density at radius 1 is 1.33 bits per heavy atom. The van der Waals surface area contributed by atoms with Crippen LogP contribution in [-0.2, 0) is 27.8 Å². The van der Waals surface area contributed by atoms with Crippen molar-refractivity contribution >= 4 is 38.6 Å². The van der Waals surface area contributed by atoms with Crippen molar-refractivity contribution in [2.75, 3.05) is 4.72 Å². The summed E-state index contributed by atoms with van der Waals surface area (Å²) >= 11 is 0.986. The minimum Gasteiger partial charge on any atom is -0.280 e. The highest BCUT2D eigenvalue weighted by Gasteiger charge is 2.23. The summed E-state index contributed by atoms with van der Waals surface area (Å²) in [4.78, 5) is 0.105. The van der Waals surface area contributed by atoms with Crippen molar-refractivity contribution < 1.29 is 8.42 Å². The molecule has 0 bridgehead atoms. The van der Waals surface area contributed by atoms with E-state index in [1.807, 2.05) is 6.92 Å². The fourth-order valence-electron chi connectivity index (χ4n) is 2.00. The minimum atomic E-state index is -3.74. The maximum absolute atomic E-state index is 12.5. The number of nitrogens with zero attached hydrogens (tertiary/aromatic N) is 3. The lowest BCUT2D eigenvalue weighted by atomic mass is 10.2. The lowest BCUT2D eigenvalue weighted by molar-refractivity contribution is 0.601. The van der Waals surface area contributed by atoms with Crippen LogP contribution >= 0.6 is 0 Å². The number of aromatic nitrogens is 2. The molecule has 0 atom stereocenters. The fraction of sp³-hybridized carbons (Fsp3) is 0.250. The number of hydrogen-bond acceptors (Lipinski definition) is 5. The van der Waals surface area contributed by atoms with Crippen LogP contribution < -0.4 is 4.72 Å². The number of aryl methyl sites for hydroxylation is 1. The zero-order valence-corrected chi connectivity index (χ0v) is 12.8. The van der Waals surface area contributed by atoms with E-state index >= 15 is 0 Å². The van der Waals surface area contributed by atoms with E-state index in [-0.39, 0.29) is 10.7 Å². The van der Waals surface area contributed by atoms with Gasteiger partial charge in [0.05, 0.1) is 11.4 Å². The monoisotopic (exact) mass is 323 g/mol. The molecule has 0 saturated heterocycles. The first-order chi connectivity index (χ1) is 10.1. The molecular formula is C12H13N5O2S2. The molecule has 1 aromatic carbocycles. The van der Waals surface area contributed by atoms with E-state index < -0.39 is 10.0 Å². The lowest BCUT2D eigenvalue weighted by Crippen LogP contribution is -2.13. The molecule has 0 spiro atoms. The van der Waals surface area contributed by atoms with Crippen molar-refractivity contribution in [1.82, 2.24) is 10.2 Å². The van der Waals surface area contributed by atoms with Gasteiger partial charge in [0.2, 0.25) is 0 Å². The number of rotatable bonds is 5.